The van der Waals surface area contributed by atoms with E-state index >= 15 is 0 Å². The summed E-state index contributed by atoms with van der Waals surface area (Å²) in [5, 5.41) is 23.1. The molecule has 2 aromatic carbocycles. The van der Waals surface area contributed by atoms with E-state index in [2.05, 4.69) is 5.32 Å². The normalized spacial score (nSPS) is 14.8. The van der Waals surface area contributed by atoms with Gasteiger partial charge in [-0.25, -0.2) is 0 Å². The lowest BCUT2D eigenvalue weighted by Gasteiger charge is -2.26. The van der Waals surface area contributed by atoms with E-state index in [1.54, 1.807) is 30.3 Å². The van der Waals surface area contributed by atoms with Gasteiger partial charge in [0.2, 0.25) is 5.91 Å². The highest BCUT2D eigenvalue weighted by atomic mass is 16.6. The second-order valence-electron chi connectivity index (χ2n) is 7.68. The lowest BCUT2D eigenvalue weighted by Crippen LogP contribution is -2.28. The molecular formula is C22H22N2O6. The van der Waals surface area contributed by atoms with Crippen LogP contribution in [0.2, 0.25) is 0 Å². The van der Waals surface area contributed by atoms with E-state index < -0.39 is 28.0 Å². The summed E-state index contributed by atoms with van der Waals surface area (Å²) in [5.41, 5.74) is -0.331. The van der Waals surface area contributed by atoms with Gasteiger partial charge in [-0.2, -0.15) is 0 Å². The molecule has 2 N–H and O–H groups in total. The Morgan fingerprint density at radius 1 is 1.03 bits per heavy atom. The monoisotopic (exact) mass is 410 g/mol. The summed E-state index contributed by atoms with van der Waals surface area (Å²) in [7, 11) is 0. The average Bonchev–Trinajstić information content (AvgIpc) is 3.15. The minimum Gasteiger partial charge on any atom is -0.481 e. The van der Waals surface area contributed by atoms with Crippen LogP contribution in [0, 0.1) is 15.5 Å². The van der Waals surface area contributed by atoms with Crippen molar-refractivity contribution in [1.29, 1.82) is 0 Å². The third kappa shape index (κ3) is 4.89. The van der Waals surface area contributed by atoms with Gasteiger partial charge < -0.3 is 10.4 Å². The predicted molar refractivity (Wildman–Crippen MR) is 109 cm³/mol. The number of aliphatic carboxylic acids is 1. The maximum atomic E-state index is 12.9. The van der Waals surface area contributed by atoms with E-state index in [-0.39, 0.29) is 29.8 Å². The SMILES string of the molecule is O=C(O)CC1(CC(=O)Nc2ccc([N+](=O)[O-])cc2C(=O)c2ccccc2)CCCC1. The molecule has 1 aliphatic carbocycles. The molecule has 0 spiro atoms. The first-order valence-electron chi connectivity index (χ1n) is 9.69. The summed E-state index contributed by atoms with van der Waals surface area (Å²) in [4.78, 5) is 47.5. The van der Waals surface area contributed by atoms with Crippen LogP contribution in [0.25, 0.3) is 0 Å². The van der Waals surface area contributed by atoms with Crippen LogP contribution in [0.3, 0.4) is 0 Å². The van der Waals surface area contributed by atoms with Gasteiger partial charge in [0, 0.05) is 24.1 Å². The number of ketones is 1. The molecule has 0 radical (unpaired) electrons. The number of rotatable bonds is 8. The molecule has 1 fully saturated rings. The zero-order chi connectivity index (χ0) is 21.7. The zero-order valence-electron chi connectivity index (χ0n) is 16.3. The zero-order valence-corrected chi connectivity index (χ0v) is 16.3. The van der Waals surface area contributed by atoms with Gasteiger partial charge in [-0.1, -0.05) is 43.2 Å². The Bertz CT molecular complexity index is 980. The van der Waals surface area contributed by atoms with E-state index in [1.807, 2.05) is 0 Å². The molecule has 1 amide bonds. The number of carbonyl (C=O) groups excluding carboxylic acids is 2. The van der Waals surface area contributed by atoms with E-state index in [0.717, 1.165) is 18.9 Å². The van der Waals surface area contributed by atoms with E-state index in [4.69, 9.17) is 0 Å². The lowest BCUT2D eigenvalue weighted by molar-refractivity contribution is -0.384. The van der Waals surface area contributed by atoms with Crippen LogP contribution >= 0.6 is 0 Å². The molecular weight excluding hydrogens is 388 g/mol. The van der Waals surface area contributed by atoms with Crippen molar-refractivity contribution in [2.45, 2.75) is 38.5 Å². The second-order valence-corrected chi connectivity index (χ2v) is 7.68. The smallest absolute Gasteiger partial charge is 0.303 e. The Labute approximate surface area is 173 Å². The molecule has 0 aliphatic heterocycles. The highest BCUT2D eigenvalue weighted by molar-refractivity contribution is 6.14. The molecule has 8 nitrogen and oxygen atoms in total. The standard InChI is InChI=1S/C22H22N2O6/c25-19(13-22(14-20(26)27)10-4-5-11-22)23-18-9-8-16(24(29)30)12-17(18)21(28)15-6-2-1-3-7-15/h1-3,6-9,12H,4-5,10-11,13-14H2,(H,23,25)(H,26,27). The molecule has 2 aromatic rings. The van der Waals surface area contributed by atoms with Crippen molar-refractivity contribution in [2.24, 2.45) is 5.41 Å². The minimum absolute atomic E-state index is 0.0162. The Morgan fingerprint density at radius 2 is 1.70 bits per heavy atom. The van der Waals surface area contributed by atoms with Crippen molar-refractivity contribution in [3.8, 4) is 0 Å². The van der Waals surface area contributed by atoms with Crippen LogP contribution in [0.15, 0.2) is 48.5 Å². The number of anilines is 1. The molecule has 0 atom stereocenters. The lowest BCUT2D eigenvalue weighted by atomic mass is 9.79. The summed E-state index contributed by atoms with van der Waals surface area (Å²) in [6.07, 6.45) is 2.99. The van der Waals surface area contributed by atoms with Crippen LogP contribution in [0.4, 0.5) is 11.4 Å². The highest BCUT2D eigenvalue weighted by Gasteiger charge is 2.38. The number of carboxylic acids is 1. The van der Waals surface area contributed by atoms with Crippen molar-refractivity contribution in [1.82, 2.24) is 0 Å². The fourth-order valence-corrected chi connectivity index (χ4v) is 4.08. The van der Waals surface area contributed by atoms with Crippen LogP contribution in [0.5, 0.6) is 0 Å². The first-order chi connectivity index (χ1) is 14.3. The number of carbonyl (C=O) groups is 3. The predicted octanol–water partition coefficient (Wildman–Crippen LogP) is 4.19. The minimum atomic E-state index is -0.944. The van der Waals surface area contributed by atoms with Crippen molar-refractivity contribution in [3.05, 3.63) is 69.8 Å². The van der Waals surface area contributed by atoms with Gasteiger partial charge >= 0.3 is 5.97 Å². The third-order valence-electron chi connectivity index (χ3n) is 5.49. The molecule has 0 unspecified atom stereocenters. The molecule has 1 aliphatic rings. The number of carboxylic acid groups (broad SMARTS) is 1. The summed E-state index contributed by atoms with van der Waals surface area (Å²) >= 11 is 0. The number of nitrogens with one attached hydrogen (secondary N) is 1. The first-order valence-corrected chi connectivity index (χ1v) is 9.69. The fourth-order valence-electron chi connectivity index (χ4n) is 4.08. The van der Waals surface area contributed by atoms with Gasteiger partial charge in [0.15, 0.2) is 5.78 Å². The Morgan fingerprint density at radius 3 is 2.30 bits per heavy atom. The maximum Gasteiger partial charge on any atom is 0.303 e. The number of amides is 1. The van der Waals surface area contributed by atoms with Crippen molar-refractivity contribution < 1.29 is 24.4 Å². The molecule has 0 bridgehead atoms. The first kappa shape index (κ1) is 21.2. The van der Waals surface area contributed by atoms with Gasteiger partial charge in [-0.15, -0.1) is 0 Å². The van der Waals surface area contributed by atoms with Gasteiger partial charge in [-0.05, 0) is 24.3 Å². The number of benzene rings is 2. The topological polar surface area (TPSA) is 127 Å². The van der Waals surface area contributed by atoms with Crippen LogP contribution in [-0.2, 0) is 9.59 Å². The van der Waals surface area contributed by atoms with Gasteiger partial charge in [0.05, 0.1) is 22.6 Å². The van der Waals surface area contributed by atoms with E-state index in [0.29, 0.717) is 18.4 Å². The van der Waals surface area contributed by atoms with Crippen molar-refractivity contribution in [3.63, 3.8) is 0 Å². The van der Waals surface area contributed by atoms with Crippen LogP contribution in [-0.4, -0.2) is 27.7 Å². The van der Waals surface area contributed by atoms with Crippen LogP contribution < -0.4 is 5.32 Å². The number of non-ortho nitro benzene ring substituents is 1. The molecule has 0 aromatic heterocycles. The molecule has 1 saturated carbocycles. The highest BCUT2D eigenvalue weighted by Crippen LogP contribution is 2.44. The molecule has 0 heterocycles. The van der Waals surface area contributed by atoms with Crippen molar-refractivity contribution in [2.75, 3.05) is 5.32 Å². The Hall–Kier alpha value is -3.55. The molecule has 3 rings (SSSR count). The van der Waals surface area contributed by atoms with Gasteiger partial charge in [0.1, 0.15) is 0 Å². The van der Waals surface area contributed by atoms with Crippen molar-refractivity contribution >= 4 is 29.0 Å². The second kappa shape index (κ2) is 8.86. The molecule has 30 heavy (non-hydrogen) atoms. The Balaban J connectivity index is 1.87. The van der Waals surface area contributed by atoms with Crippen LogP contribution in [0.1, 0.15) is 54.4 Å². The van der Waals surface area contributed by atoms with E-state index in [9.17, 15) is 29.6 Å². The fraction of sp³-hybridized carbons (Fsp3) is 0.318. The number of hydrogen-bond donors (Lipinski definition) is 2. The number of nitrogens with zero attached hydrogens (tertiary/aromatic N) is 1. The molecule has 8 heteroatoms. The quantitative estimate of drug-likeness (QED) is 0.382. The summed E-state index contributed by atoms with van der Waals surface area (Å²) in [6.45, 7) is 0. The molecule has 0 saturated heterocycles. The van der Waals surface area contributed by atoms with Gasteiger partial charge in [-0.3, -0.25) is 24.5 Å². The average molecular weight is 410 g/mol. The number of nitro benzene ring substituents is 1. The summed E-state index contributed by atoms with van der Waals surface area (Å²) in [6, 6.07) is 12.0. The van der Waals surface area contributed by atoms with Gasteiger partial charge in [0.25, 0.3) is 5.69 Å². The maximum absolute atomic E-state index is 12.9. The largest absolute Gasteiger partial charge is 0.481 e. The molecule has 156 valence electrons. The van der Waals surface area contributed by atoms with E-state index in [1.165, 1.54) is 12.1 Å². The number of nitro groups is 1. The Kier molecular flexibility index (Phi) is 6.25. The number of hydrogen-bond acceptors (Lipinski definition) is 5. The summed E-state index contributed by atoms with van der Waals surface area (Å²) < 4.78 is 0. The summed E-state index contributed by atoms with van der Waals surface area (Å²) in [5.74, 6) is -1.80. The third-order valence-corrected chi connectivity index (χ3v) is 5.49.